The minimum atomic E-state index is -0.987. The van der Waals surface area contributed by atoms with E-state index in [-0.39, 0.29) is 11.6 Å². The summed E-state index contributed by atoms with van der Waals surface area (Å²) in [5, 5.41) is 5.68. The monoisotopic (exact) mass is 340 g/mol. The fourth-order valence-electron chi connectivity index (χ4n) is 2.96. The molecule has 1 aliphatic rings. The highest BCUT2D eigenvalue weighted by atomic mass is 19.2. The minimum absolute atomic E-state index is 0.0253. The van der Waals surface area contributed by atoms with Crippen LogP contribution in [0.1, 0.15) is 10.5 Å². The van der Waals surface area contributed by atoms with Crippen LogP contribution in [0.3, 0.4) is 0 Å². The van der Waals surface area contributed by atoms with Gasteiger partial charge in [0.2, 0.25) is 0 Å². The van der Waals surface area contributed by atoms with E-state index >= 15 is 0 Å². The zero-order valence-electron chi connectivity index (χ0n) is 13.1. The zero-order valence-corrected chi connectivity index (χ0v) is 13.1. The van der Waals surface area contributed by atoms with Crippen LogP contribution in [-0.4, -0.2) is 22.0 Å². The standard InChI is InChI=1S/C18H14F2N4O/c19-13-2-1-3-14(15(13)20)23-16-12(11-4-6-21-7-5-11)10-24-9-8-22-18(25)17(16)24/h1-7,10,23H,8-9H2,(H,22,25). The predicted molar refractivity (Wildman–Crippen MR) is 89.6 cm³/mol. The molecule has 1 aliphatic heterocycles. The van der Waals surface area contributed by atoms with Crippen LogP contribution >= 0.6 is 0 Å². The molecular weight excluding hydrogens is 326 g/mol. The molecule has 126 valence electrons. The minimum Gasteiger partial charge on any atom is -0.351 e. The number of anilines is 2. The number of hydrogen-bond donors (Lipinski definition) is 2. The zero-order chi connectivity index (χ0) is 17.4. The highest BCUT2D eigenvalue weighted by Gasteiger charge is 2.26. The number of aromatic nitrogens is 2. The lowest BCUT2D eigenvalue weighted by atomic mass is 10.1. The fourth-order valence-corrected chi connectivity index (χ4v) is 2.96. The van der Waals surface area contributed by atoms with Gasteiger partial charge in [0.15, 0.2) is 11.6 Å². The number of halogens is 2. The molecule has 2 aromatic heterocycles. The SMILES string of the molecule is O=C1NCCn2cc(-c3ccncc3)c(Nc3cccc(F)c3F)c21. The van der Waals surface area contributed by atoms with Crippen LogP contribution in [-0.2, 0) is 6.54 Å². The van der Waals surface area contributed by atoms with E-state index in [1.807, 2.05) is 10.8 Å². The highest BCUT2D eigenvalue weighted by Crippen LogP contribution is 2.36. The Balaban J connectivity index is 1.89. The summed E-state index contributed by atoms with van der Waals surface area (Å²) in [6, 6.07) is 7.49. The Morgan fingerprint density at radius 1 is 1.16 bits per heavy atom. The maximum atomic E-state index is 14.1. The molecule has 0 fully saturated rings. The first-order chi connectivity index (χ1) is 12.1. The van der Waals surface area contributed by atoms with Crippen molar-refractivity contribution in [2.75, 3.05) is 11.9 Å². The molecule has 0 atom stereocenters. The lowest BCUT2D eigenvalue weighted by Crippen LogP contribution is -2.35. The average Bonchev–Trinajstić information content (AvgIpc) is 2.99. The second-order valence-electron chi connectivity index (χ2n) is 5.68. The number of rotatable bonds is 3. The number of hydrogen-bond acceptors (Lipinski definition) is 3. The van der Waals surface area contributed by atoms with E-state index in [0.29, 0.717) is 24.5 Å². The Hall–Kier alpha value is -3.22. The van der Waals surface area contributed by atoms with Crippen molar-refractivity contribution in [3.05, 3.63) is 66.3 Å². The number of fused-ring (bicyclic) bond motifs is 1. The lowest BCUT2D eigenvalue weighted by molar-refractivity contribution is 0.0929. The number of nitrogens with one attached hydrogen (secondary N) is 2. The summed E-state index contributed by atoms with van der Waals surface area (Å²) in [7, 11) is 0. The molecule has 0 unspecified atom stereocenters. The van der Waals surface area contributed by atoms with Gasteiger partial charge < -0.3 is 15.2 Å². The molecule has 0 saturated carbocycles. The first kappa shape index (κ1) is 15.3. The Kier molecular flexibility index (Phi) is 3.68. The van der Waals surface area contributed by atoms with Gasteiger partial charge in [0, 0.05) is 37.2 Å². The highest BCUT2D eigenvalue weighted by molar-refractivity contribution is 6.04. The van der Waals surface area contributed by atoms with Crippen molar-refractivity contribution < 1.29 is 13.6 Å². The maximum Gasteiger partial charge on any atom is 0.270 e. The summed E-state index contributed by atoms with van der Waals surface area (Å²) in [6.07, 6.45) is 5.11. The Bertz CT molecular complexity index is 953. The molecule has 0 saturated heterocycles. The third kappa shape index (κ3) is 2.63. The topological polar surface area (TPSA) is 59.0 Å². The summed E-state index contributed by atoms with van der Waals surface area (Å²) in [5.74, 6) is -2.20. The van der Waals surface area contributed by atoms with Gasteiger partial charge in [-0.25, -0.2) is 8.78 Å². The summed E-state index contributed by atoms with van der Waals surface area (Å²) >= 11 is 0. The van der Waals surface area contributed by atoms with Crippen molar-refractivity contribution in [1.29, 1.82) is 0 Å². The number of nitrogens with zero attached hydrogens (tertiary/aromatic N) is 2. The first-order valence-electron chi connectivity index (χ1n) is 7.78. The third-order valence-corrected chi connectivity index (χ3v) is 4.13. The van der Waals surface area contributed by atoms with Gasteiger partial charge >= 0.3 is 0 Å². The summed E-state index contributed by atoms with van der Waals surface area (Å²) in [6.45, 7) is 1.12. The van der Waals surface area contributed by atoms with Crippen LogP contribution < -0.4 is 10.6 Å². The number of benzene rings is 1. The van der Waals surface area contributed by atoms with Crippen LogP contribution in [0.25, 0.3) is 11.1 Å². The number of amides is 1. The summed E-state index contributed by atoms with van der Waals surface area (Å²) < 4.78 is 29.5. The molecule has 2 N–H and O–H groups in total. The van der Waals surface area contributed by atoms with E-state index < -0.39 is 11.6 Å². The molecule has 0 spiro atoms. The van der Waals surface area contributed by atoms with Gasteiger partial charge in [-0.05, 0) is 29.8 Å². The van der Waals surface area contributed by atoms with Crippen molar-refractivity contribution >= 4 is 17.3 Å². The van der Waals surface area contributed by atoms with E-state index in [1.54, 1.807) is 24.5 Å². The molecule has 1 aromatic carbocycles. The average molecular weight is 340 g/mol. The number of pyridine rings is 1. The molecule has 3 aromatic rings. The van der Waals surface area contributed by atoms with Gasteiger partial charge in [-0.15, -0.1) is 0 Å². The molecule has 3 heterocycles. The molecule has 0 bridgehead atoms. The predicted octanol–water partition coefficient (Wildman–Crippen LogP) is 3.32. The van der Waals surface area contributed by atoms with Crippen LogP contribution in [0.4, 0.5) is 20.2 Å². The lowest BCUT2D eigenvalue weighted by Gasteiger charge is -2.18. The van der Waals surface area contributed by atoms with Crippen LogP contribution in [0.2, 0.25) is 0 Å². The Morgan fingerprint density at radius 2 is 1.96 bits per heavy atom. The van der Waals surface area contributed by atoms with Gasteiger partial charge in [0.25, 0.3) is 5.91 Å². The van der Waals surface area contributed by atoms with Crippen molar-refractivity contribution in [2.45, 2.75) is 6.54 Å². The van der Waals surface area contributed by atoms with Crippen LogP contribution in [0, 0.1) is 11.6 Å². The maximum absolute atomic E-state index is 14.1. The molecular formula is C18H14F2N4O. The fraction of sp³-hybridized carbons (Fsp3) is 0.111. The quantitative estimate of drug-likeness (QED) is 0.769. The molecule has 25 heavy (non-hydrogen) atoms. The normalized spacial score (nSPS) is 13.3. The second-order valence-corrected chi connectivity index (χ2v) is 5.68. The largest absolute Gasteiger partial charge is 0.351 e. The van der Waals surface area contributed by atoms with E-state index in [9.17, 15) is 13.6 Å². The van der Waals surface area contributed by atoms with Gasteiger partial charge in [-0.1, -0.05) is 6.07 Å². The summed E-state index contributed by atoms with van der Waals surface area (Å²) in [5.41, 5.74) is 2.35. The molecule has 0 radical (unpaired) electrons. The van der Waals surface area contributed by atoms with Crippen molar-refractivity contribution in [3.8, 4) is 11.1 Å². The van der Waals surface area contributed by atoms with Crippen LogP contribution in [0.15, 0.2) is 48.9 Å². The van der Waals surface area contributed by atoms with Crippen LogP contribution in [0.5, 0.6) is 0 Å². The van der Waals surface area contributed by atoms with Gasteiger partial charge in [-0.3, -0.25) is 9.78 Å². The number of carbonyl (C=O) groups is 1. The van der Waals surface area contributed by atoms with E-state index in [2.05, 4.69) is 15.6 Å². The molecule has 0 aliphatic carbocycles. The van der Waals surface area contributed by atoms with Crippen molar-refractivity contribution in [2.24, 2.45) is 0 Å². The smallest absolute Gasteiger partial charge is 0.270 e. The van der Waals surface area contributed by atoms with Crippen molar-refractivity contribution in [1.82, 2.24) is 14.9 Å². The Labute approximate surface area is 142 Å². The third-order valence-electron chi connectivity index (χ3n) is 4.13. The molecule has 4 rings (SSSR count). The first-order valence-corrected chi connectivity index (χ1v) is 7.78. The molecule has 5 nitrogen and oxygen atoms in total. The molecule has 1 amide bonds. The van der Waals surface area contributed by atoms with E-state index in [1.165, 1.54) is 12.1 Å². The van der Waals surface area contributed by atoms with Crippen molar-refractivity contribution in [3.63, 3.8) is 0 Å². The van der Waals surface area contributed by atoms with Gasteiger partial charge in [0.1, 0.15) is 5.69 Å². The summed E-state index contributed by atoms with van der Waals surface area (Å²) in [4.78, 5) is 16.3. The van der Waals surface area contributed by atoms with Gasteiger partial charge in [-0.2, -0.15) is 0 Å². The Morgan fingerprint density at radius 3 is 2.76 bits per heavy atom. The van der Waals surface area contributed by atoms with E-state index in [0.717, 1.165) is 17.2 Å². The van der Waals surface area contributed by atoms with Gasteiger partial charge in [0.05, 0.1) is 11.4 Å². The second kappa shape index (κ2) is 6.01. The number of carbonyl (C=O) groups excluding carboxylic acids is 1. The molecule has 7 heteroatoms. The van der Waals surface area contributed by atoms with E-state index in [4.69, 9.17) is 0 Å².